The largest absolute Gasteiger partial charge is 0.392 e. The first-order chi connectivity index (χ1) is 9.53. The van der Waals surface area contributed by atoms with Crippen molar-refractivity contribution < 1.29 is 17.9 Å². The molecule has 108 valence electrons. The van der Waals surface area contributed by atoms with E-state index in [-0.39, 0.29) is 17.0 Å². The summed E-state index contributed by atoms with van der Waals surface area (Å²) in [5, 5.41) is 16.4. The summed E-state index contributed by atoms with van der Waals surface area (Å²) in [7, 11) is -3.89. The second-order valence-electron chi connectivity index (χ2n) is 3.97. The highest BCUT2D eigenvalue weighted by molar-refractivity contribution is 7.89. The summed E-state index contributed by atoms with van der Waals surface area (Å²) in [5.41, 5.74) is 0.139. The molecule has 0 spiro atoms. The van der Waals surface area contributed by atoms with Crippen LogP contribution in [0.2, 0.25) is 0 Å². The number of aliphatic hydroxyl groups is 1. The monoisotopic (exact) mass is 300 g/mol. The van der Waals surface area contributed by atoms with E-state index in [4.69, 9.17) is 5.11 Å². The van der Waals surface area contributed by atoms with Gasteiger partial charge in [-0.3, -0.25) is 4.68 Å². The molecule has 0 atom stereocenters. The summed E-state index contributed by atoms with van der Waals surface area (Å²) in [6.07, 6.45) is 3.07. The van der Waals surface area contributed by atoms with Crippen LogP contribution in [-0.4, -0.2) is 35.1 Å². The number of aromatic nitrogens is 3. The zero-order valence-electron chi connectivity index (χ0n) is 10.4. The minimum Gasteiger partial charge on any atom is -0.392 e. The molecule has 0 radical (unpaired) electrons. The van der Waals surface area contributed by atoms with E-state index in [2.05, 4.69) is 15.0 Å². The van der Waals surface area contributed by atoms with Crippen LogP contribution in [0.4, 0.5) is 4.39 Å². The van der Waals surface area contributed by atoms with Crippen LogP contribution >= 0.6 is 0 Å². The lowest BCUT2D eigenvalue weighted by Gasteiger charge is -2.10. The molecule has 2 rings (SSSR count). The van der Waals surface area contributed by atoms with E-state index in [1.807, 2.05) is 0 Å². The van der Waals surface area contributed by atoms with Crippen molar-refractivity contribution in [3.8, 4) is 0 Å². The average molecular weight is 300 g/mol. The quantitative estimate of drug-likeness (QED) is 0.775. The average Bonchev–Trinajstić information content (AvgIpc) is 2.91. The molecule has 2 aromatic rings. The molecule has 2 N–H and O–H groups in total. The number of benzene rings is 1. The van der Waals surface area contributed by atoms with Crippen molar-refractivity contribution in [3.63, 3.8) is 0 Å². The fourth-order valence-corrected chi connectivity index (χ4v) is 2.89. The summed E-state index contributed by atoms with van der Waals surface area (Å²) in [4.78, 5) is -0.265. The van der Waals surface area contributed by atoms with Crippen molar-refractivity contribution >= 4 is 10.0 Å². The van der Waals surface area contributed by atoms with Gasteiger partial charge in [0.2, 0.25) is 10.0 Å². The smallest absolute Gasteiger partial charge is 0.241 e. The van der Waals surface area contributed by atoms with Gasteiger partial charge in [-0.2, -0.15) is 0 Å². The van der Waals surface area contributed by atoms with E-state index >= 15 is 0 Å². The first kappa shape index (κ1) is 14.6. The van der Waals surface area contributed by atoms with Crippen LogP contribution in [0.15, 0.2) is 35.5 Å². The zero-order chi connectivity index (χ0) is 14.6. The summed E-state index contributed by atoms with van der Waals surface area (Å²) in [5.74, 6) is -0.682. The van der Waals surface area contributed by atoms with Crippen molar-refractivity contribution in [1.82, 2.24) is 19.7 Å². The van der Waals surface area contributed by atoms with Gasteiger partial charge < -0.3 is 5.11 Å². The molecule has 1 aromatic carbocycles. The highest BCUT2D eigenvalue weighted by Gasteiger charge is 2.18. The van der Waals surface area contributed by atoms with Crippen LogP contribution in [0, 0.1) is 5.82 Å². The molecule has 0 unspecified atom stereocenters. The Kier molecular flexibility index (Phi) is 4.42. The number of hydrogen-bond acceptors (Lipinski definition) is 5. The Morgan fingerprint density at radius 1 is 1.40 bits per heavy atom. The van der Waals surface area contributed by atoms with Gasteiger partial charge in [-0.1, -0.05) is 11.3 Å². The van der Waals surface area contributed by atoms with Crippen molar-refractivity contribution in [2.75, 3.05) is 6.54 Å². The van der Waals surface area contributed by atoms with Crippen LogP contribution < -0.4 is 4.72 Å². The lowest BCUT2D eigenvalue weighted by molar-refractivity contribution is 0.278. The molecular formula is C11H13FN4O3S. The first-order valence-corrected chi connectivity index (χ1v) is 7.24. The van der Waals surface area contributed by atoms with Gasteiger partial charge >= 0.3 is 0 Å². The summed E-state index contributed by atoms with van der Waals surface area (Å²) in [6.45, 7) is -0.115. The highest BCUT2D eigenvalue weighted by atomic mass is 32.2. The molecule has 0 amide bonds. The summed E-state index contributed by atoms with van der Waals surface area (Å²) in [6, 6.07) is 3.21. The minimum absolute atomic E-state index is 0.0765. The van der Waals surface area contributed by atoms with E-state index in [1.54, 1.807) is 6.20 Å². The summed E-state index contributed by atoms with van der Waals surface area (Å²) < 4.78 is 41.1. The van der Waals surface area contributed by atoms with Crippen LogP contribution in [0.5, 0.6) is 0 Å². The van der Waals surface area contributed by atoms with Crippen molar-refractivity contribution in [1.29, 1.82) is 0 Å². The van der Waals surface area contributed by atoms with Crippen molar-refractivity contribution in [2.45, 2.75) is 18.0 Å². The Labute approximate surface area is 115 Å². The van der Waals surface area contributed by atoms with Crippen LogP contribution in [0.25, 0.3) is 0 Å². The topological polar surface area (TPSA) is 97.1 Å². The molecule has 0 fully saturated rings. The van der Waals surface area contributed by atoms with E-state index in [9.17, 15) is 12.8 Å². The molecule has 20 heavy (non-hydrogen) atoms. The molecule has 0 bridgehead atoms. The normalized spacial score (nSPS) is 11.7. The lowest BCUT2D eigenvalue weighted by atomic mass is 10.2. The van der Waals surface area contributed by atoms with Gasteiger partial charge in [-0.25, -0.2) is 17.5 Å². The maximum absolute atomic E-state index is 13.2. The highest BCUT2D eigenvalue weighted by Crippen LogP contribution is 2.17. The third-order valence-corrected chi connectivity index (χ3v) is 4.14. The number of halogens is 1. The third kappa shape index (κ3) is 3.38. The Balaban J connectivity index is 2.11. The number of sulfonamides is 1. The molecule has 0 saturated heterocycles. The third-order valence-electron chi connectivity index (χ3n) is 2.59. The Morgan fingerprint density at radius 2 is 2.20 bits per heavy atom. The zero-order valence-corrected chi connectivity index (χ0v) is 11.2. The van der Waals surface area contributed by atoms with Crippen molar-refractivity contribution in [3.05, 3.63) is 42.0 Å². The lowest BCUT2D eigenvalue weighted by Crippen LogP contribution is -2.28. The maximum Gasteiger partial charge on any atom is 0.241 e. The molecular weight excluding hydrogens is 287 g/mol. The number of nitrogens with zero attached hydrogens (tertiary/aromatic N) is 3. The Hall–Kier alpha value is -1.84. The number of aliphatic hydroxyl groups excluding tert-OH is 1. The van der Waals surface area contributed by atoms with Crippen LogP contribution in [0.1, 0.15) is 5.56 Å². The van der Waals surface area contributed by atoms with Crippen molar-refractivity contribution in [2.24, 2.45) is 0 Å². The predicted octanol–water partition coefficient (Wildman–Crippen LogP) is -0.112. The second-order valence-corrected chi connectivity index (χ2v) is 5.71. The summed E-state index contributed by atoms with van der Waals surface area (Å²) >= 11 is 0. The standard InChI is InChI=1S/C11H13FN4O3S/c12-10-2-1-9(8-17)11(7-10)20(18,19)14-4-6-16-5-3-13-15-16/h1-3,5,7,14,17H,4,6,8H2. The molecule has 1 heterocycles. The van der Waals surface area contributed by atoms with E-state index in [0.29, 0.717) is 6.54 Å². The minimum atomic E-state index is -3.89. The van der Waals surface area contributed by atoms with Gasteiger partial charge in [-0.15, -0.1) is 5.10 Å². The Morgan fingerprint density at radius 3 is 2.85 bits per heavy atom. The van der Waals surface area contributed by atoms with Crippen LogP contribution in [-0.2, 0) is 23.2 Å². The molecule has 0 aliphatic heterocycles. The molecule has 0 saturated carbocycles. The van der Waals surface area contributed by atoms with Gasteiger partial charge in [0, 0.05) is 12.7 Å². The van der Waals surface area contributed by atoms with Gasteiger partial charge in [0.15, 0.2) is 0 Å². The fourth-order valence-electron chi connectivity index (χ4n) is 1.63. The number of nitrogens with one attached hydrogen (secondary N) is 1. The molecule has 0 aliphatic carbocycles. The second kappa shape index (κ2) is 6.07. The van der Waals surface area contributed by atoms with Gasteiger partial charge in [0.1, 0.15) is 5.82 Å². The van der Waals surface area contributed by atoms with Gasteiger partial charge in [0.25, 0.3) is 0 Å². The SMILES string of the molecule is O=S(=O)(NCCn1ccnn1)c1cc(F)ccc1CO. The Bertz CT molecular complexity index is 673. The number of rotatable bonds is 6. The van der Waals surface area contributed by atoms with Gasteiger partial charge in [-0.05, 0) is 17.7 Å². The van der Waals surface area contributed by atoms with Gasteiger partial charge in [0.05, 0.1) is 24.2 Å². The van der Waals surface area contributed by atoms with E-state index < -0.39 is 22.4 Å². The number of hydrogen-bond donors (Lipinski definition) is 2. The van der Waals surface area contributed by atoms with E-state index in [0.717, 1.165) is 12.1 Å². The van der Waals surface area contributed by atoms with E-state index in [1.165, 1.54) is 16.9 Å². The molecule has 9 heteroatoms. The molecule has 7 nitrogen and oxygen atoms in total. The predicted molar refractivity (Wildman–Crippen MR) is 67.5 cm³/mol. The fraction of sp³-hybridized carbons (Fsp3) is 0.273. The van der Waals surface area contributed by atoms with Crippen LogP contribution in [0.3, 0.4) is 0 Å². The molecule has 0 aliphatic rings. The maximum atomic E-state index is 13.2. The first-order valence-electron chi connectivity index (χ1n) is 5.76. The molecule has 1 aromatic heterocycles.